The molecule has 0 aromatic carbocycles. The predicted octanol–water partition coefficient (Wildman–Crippen LogP) is 1.74. The number of halogens is 2. The SMILES string of the molecule is COc1cc(C)nc(N)n1.Nc1nc(Cl)cc(Cl)n1. The molecule has 102 valence electrons. The maximum Gasteiger partial charge on any atom is 0.223 e. The minimum Gasteiger partial charge on any atom is -0.481 e. The number of nitrogen functional groups attached to an aromatic ring is 2. The molecule has 2 rings (SSSR count). The Bertz CT molecular complexity index is 495. The lowest BCUT2D eigenvalue weighted by molar-refractivity contribution is 0.397. The van der Waals surface area contributed by atoms with Crippen LogP contribution in [0.25, 0.3) is 0 Å². The van der Waals surface area contributed by atoms with Crippen molar-refractivity contribution in [1.29, 1.82) is 0 Å². The van der Waals surface area contributed by atoms with Crippen LogP contribution in [0.15, 0.2) is 12.1 Å². The van der Waals surface area contributed by atoms with Crippen LogP contribution in [-0.4, -0.2) is 27.0 Å². The summed E-state index contributed by atoms with van der Waals surface area (Å²) in [6.45, 7) is 1.83. The molecule has 9 heteroatoms. The van der Waals surface area contributed by atoms with Crippen molar-refractivity contribution in [1.82, 2.24) is 19.9 Å². The highest BCUT2D eigenvalue weighted by atomic mass is 35.5. The van der Waals surface area contributed by atoms with Gasteiger partial charge in [0.25, 0.3) is 0 Å². The summed E-state index contributed by atoms with van der Waals surface area (Å²) in [6, 6.07) is 3.13. The topological polar surface area (TPSA) is 113 Å². The van der Waals surface area contributed by atoms with Crippen LogP contribution in [0.2, 0.25) is 10.3 Å². The summed E-state index contributed by atoms with van der Waals surface area (Å²) in [5.41, 5.74) is 11.3. The maximum absolute atomic E-state index is 5.43. The highest BCUT2D eigenvalue weighted by Crippen LogP contribution is 2.11. The molecule has 0 spiro atoms. The molecule has 0 bridgehead atoms. The Labute approximate surface area is 120 Å². The van der Waals surface area contributed by atoms with Gasteiger partial charge in [-0.1, -0.05) is 23.2 Å². The Hall–Kier alpha value is -1.86. The van der Waals surface area contributed by atoms with Gasteiger partial charge >= 0.3 is 0 Å². The minimum atomic E-state index is 0.0903. The second kappa shape index (κ2) is 6.91. The average molecular weight is 303 g/mol. The molecule has 0 saturated carbocycles. The molecular formula is C10H12Cl2N6O. The van der Waals surface area contributed by atoms with Crippen LogP contribution in [-0.2, 0) is 0 Å². The van der Waals surface area contributed by atoms with Crippen molar-refractivity contribution >= 4 is 35.1 Å². The maximum atomic E-state index is 5.43. The third kappa shape index (κ3) is 5.54. The molecule has 2 heterocycles. The van der Waals surface area contributed by atoms with E-state index >= 15 is 0 Å². The van der Waals surface area contributed by atoms with E-state index in [1.165, 1.54) is 6.07 Å². The molecular weight excluding hydrogens is 291 g/mol. The Morgan fingerprint density at radius 1 is 0.947 bits per heavy atom. The van der Waals surface area contributed by atoms with E-state index in [2.05, 4.69) is 19.9 Å². The van der Waals surface area contributed by atoms with Crippen LogP contribution >= 0.6 is 23.2 Å². The largest absolute Gasteiger partial charge is 0.481 e. The minimum absolute atomic E-state index is 0.0903. The molecule has 2 aromatic heterocycles. The summed E-state index contributed by atoms with van der Waals surface area (Å²) in [5, 5.41) is 0.514. The van der Waals surface area contributed by atoms with Crippen LogP contribution in [0.4, 0.5) is 11.9 Å². The Morgan fingerprint density at radius 3 is 1.89 bits per heavy atom. The number of methoxy groups -OCH3 is 1. The molecule has 4 N–H and O–H groups in total. The number of nitrogens with two attached hydrogens (primary N) is 2. The standard InChI is InChI=1S/C6H9N3O.C4H3Cl2N3/c1-4-3-5(10-2)9-6(7)8-4;5-2-1-3(6)9-4(7)8-2/h3H,1-2H3,(H2,7,8,9);1H,(H2,7,8,9). The summed E-state index contributed by atoms with van der Waals surface area (Å²) in [5.74, 6) is 0.842. The smallest absolute Gasteiger partial charge is 0.223 e. The van der Waals surface area contributed by atoms with Gasteiger partial charge in [0.05, 0.1) is 7.11 Å². The third-order valence-electron chi connectivity index (χ3n) is 1.74. The first-order chi connectivity index (χ1) is 8.90. The molecule has 0 amide bonds. The van der Waals surface area contributed by atoms with Crippen LogP contribution in [0, 0.1) is 6.92 Å². The van der Waals surface area contributed by atoms with E-state index in [0.29, 0.717) is 5.88 Å². The lowest BCUT2D eigenvalue weighted by atomic mass is 10.4. The van der Waals surface area contributed by atoms with E-state index in [9.17, 15) is 0 Å². The van der Waals surface area contributed by atoms with Gasteiger partial charge in [0.2, 0.25) is 17.8 Å². The Balaban J connectivity index is 0.000000191. The van der Waals surface area contributed by atoms with Crippen LogP contribution in [0.3, 0.4) is 0 Å². The molecule has 0 saturated heterocycles. The van der Waals surface area contributed by atoms with E-state index in [4.69, 9.17) is 39.4 Å². The fourth-order valence-corrected chi connectivity index (χ4v) is 1.51. The predicted molar refractivity (Wildman–Crippen MR) is 74.2 cm³/mol. The zero-order chi connectivity index (χ0) is 14.4. The summed E-state index contributed by atoms with van der Waals surface area (Å²) in [7, 11) is 1.54. The number of aromatic nitrogens is 4. The van der Waals surface area contributed by atoms with Crippen molar-refractivity contribution in [2.45, 2.75) is 6.92 Å². The second-order valence-corrected chi connectivity index (χ2v) is 4.06. The number of nitrogens with zero attached hydrogens (tertiary/aromatic N) is 4. The van der Waals surface area contributed by atoms with Crippen molar-refractivity contribution in [3.63, 3.8) is 0 Å². The first-order valence-electron chi connectivity index (χ1n) is 5.01. The van der Waals surface area contributed by atoms with Crippen molar-refractivity contribution in [3.8, 4) is 5.88 Å². The molecule has 19 heavy (non-hydrogen) atoms. The fourth-order valence-electron chi connectivity index (χ4n) is 1.07. The van der Waals surface area contributed by atoms with Crippen LogP contribution < -0.4 is 16.2 Å². The van der Waals surface area contributed by atoms with E-state index in [1.54, 1.807) is 13.2 Å². The molecule has 0 fully saturated rings. The number of rotatable bonds is 1. The third-order valence-corrected chi connectivity index (χ3v) is 2.13. The molecule has 0 radical (unpaired) electrons. The molecule has 7 nitrogen and oxygen atoms in total. The van der Waals surface area contributed by atoms with Gasteiger partial charge in [-0.05, 0) is 6.92 Å². The van der Waals surface area contributed by atoms with Crippen LogP contribution in [0.5, 0.6) is 5.88 Å². The first-order valence-corrected chi connectivity index (χ1v) is 5.77. The zero-order valence-corrected chi connectivity index (χ0v) is 11.8. The molecule has 0 atom stereocenters. The van der Waals surface area contributed by atoms with Gasteiger partial charge in [-0.2, -0.15) is 4.98 Å². The van der Waals surface area contributed by atoms with Gasteiger partial charge in [0.1, 0.15) is 10.3 Å². The number of hydrogen-bond acceptors (Lipinski definition) is 7. The van der Waals surface area contributed by atoms with Gasteiger partial charge in [-0.15, -0.1) is 0 Å². The number of anilines is 2. The molecule has 0 aliphatic rings. The lowest BCUT2D eigenvalue weighted by Crippen LogP contribution is -1.98. The lowest BCUT2D eigenvalue weighted by Gasteiger charge is -1.99. The van der Waals surface area contributed by atoms with E-state index in [1.807, 2.05) is 6.92 Å². The monoisotopic (exact) mass is 302 g/mol. The quantitative estimate of drug-likeness (QED) is 0.771. The molecule has 2 aromatic rings. The van der Waals surface area contributed by atoms with Crippen molar-refractivity contribution in [2.24, 2.45) is 0 Å². The number of ether oxygens (including phenoxy) is 1. The van der Waals surface area contributed by atoms with E-state index < -0.39 is 0 Å². The fraction of sp³-hybridized carbons (Fsp3) is 0.200. The average Bonchev–Trinajstić information content (AvgIpc) is 2.26. The van der Waals surface area contributed by atoms with Crippen molar-refractivity contribution in [2.75, 3.05) is 18.6 Å². The van der Waals surface area contributed by atoms with Crippen LogP contribution in [0.1, 0.15) is 5.69 Å². The van der Waals surface area contributed by atoms with Crippen molar-refractivity contribution in [3.05, 3.63) is 28.1 Å². The van der Waals surface area contributed by atoms with E-state index in [0.717, 1.165) is 5.69 Å². The van der Waals surface area contributed by atoms with Crippen molar-refractivity contribution < 1.29 is 4.74 Å². The summed E-state index contributed by atoms with van der Waals surface area (Å²) >= 11 is 10.9. The Morgan fingerprint density at radius 2 is 1.47 bits per heavy atom. The Kier molecular flexibility index (Phi) is 5.53. The highest BCUT2D eigenvalue weighted by molar-refractivity contribution is 6.33. The molecule has 0 aliphatic carbocycles. The second-order valence-electron chi connectivity index (χ2n) is 3.28. The van der Waals surface area contributed by atoms with Gasteiger partial charge < -0.3 is 16.2 Å². The summed E-state index contributed by atoms with van der Waals surface area (Å²) < 4.78 is 4.84. The highest BCUT2D eigenvalue weighted by Gasteiger charge is 1.96. The normalized spacial score (nSPS) is 9.47. The first kappa shape index (κ1) is 15.2. The molecule has 0 aliphatic heterocycles. The number of aryl methyl sites for hydroxylation is 1. The zero-order valence-electron chi connectivity index (χ0n) is 10.3. The number of hydrogen-bond donors (Lipinski definition) is 2. The van der Waals surface area contributed by atoms with Gasteiger partial charge in [-0.3, -0.25) is 0 Å². The van der Waals surface area contributed by atoms with Gasteiger partial charge in [0, 0.05) is 17.8 Å². The summed E-state index contributed by atoms with van der Waals surface area (Å²) in [6.07, 6.45) is 0. The molecule has 0 unspecified atom stereocenters. The van der Waals surface area contributed by atoms with Gasteiger partial charge in [0.15, 0.2) is 0 Å². The van der Waals surface area contributed by atoms with E-state index in [-0.39, 0.29) is 22.2 Å². The summed E-state index contributed by atoms with van der Waals surface area (Å²) in [4.78, 5) is 14.8. The van der Waals surface area contributed by atoms with Gasteiger partial charge in [-0.25, -0.2) is 15.0 Å².